The number of amides is 1. The molecule has 3 N–H and O–H groups in total. The summed E-state index contributed by atoms with van der Waals surface area (Å²) in [5.74, 6) is 0.868. The van der Waals surface area contributed by atoms with E-state index in [1.807, 2.05) is 24.3 Å². The topological polar surface area (TPSA) is 88.2 Å². The molecule has 1 aliphatic rings. The van der Waals surface area contributed by atoms with Gasteiger partial charge in [-0.15, -0.1) is 0 Å². The quantitative estimate of drug-likeness (QED) is 0.379. The number of hydrogen-bond donors (Lipinski definition) is 2. The number of carbonyl (C=O) groups excluding carboxylic acids is 1. The highest BCUT2D eigenvalue weighted by Gasteiger charge is 2.29. The van der Waals surface area contributed by atoms with Crippen molar-refractivity contribution in [3.05, 3.63) is 29.8 Å². The van der Waals surface area contributed by atoms with E-state index in [1.165, 1.54) is 0 Å². The van der Waals surface area contributed by atoms with Gasteiger partial charge in [0.2, 0.25) is 5.91 Å². The summed E-state index contributed by atoms with van der Waals surface area (Å²) in [5.41, 5.74) is 6.62. The third-order valence-electron chi connectivity index (χ3n) is 3.79. The highest BCUT2D eigenvalue weighted by Crippen LogP contribution is 2.19. The van der Waals surface area contributed by atoms with Crippen LogP contribution in [0.25, 0.3) is 0 Å². The zero-order chi connectivity index (χ0) is 15.2. The van der Waals surface area contributed by atoms with Crippen LogP contribution in [0.3, 0.4) is 0 Å². The Balaban J connectivity index is 2.06. The molecule has 0 radical (unpaired) electrons. The van der Waals surface area contributed by atoms with Crippen molar-refractivity contribution in [1.82, 2.24) is 4.90 Å². The molecule has 1 aromatic rings. The zero-order valence-corrected chi connectivity index (χ0v) is 12.2. The predicted molar refractivity (Wildman–Crippen MR) is 79.5 cm³/mol. The van der Waals surface area contributed by atoms with Crippen LogP contribution in [0.2, 0.25) is 0 Å². The number of amidine groups is 1. The molecule has 1 saturated heterocycles. The lowest BCUT2D eigenvalue weighted by molar-refractivity contribution is -0.132. The number of piperidine rings is 1. The van der Waals surface area contributed by atoms with Gasteiger partial charge in [0.1, 0.15) is 5.75 Å². The lowest BCUT2D eigenvalue weighted by Crippen LogP contribution is -2.51. The van der Waals surface area contributed by atoms with E-state index in [-0.39, 0.29) is 17.8 Å². The Bertz CT molecular complexity index is 513. The van der Waals surface area contributed by atoms with Crippen LogP contribution in [0.4, 0.5) is 0 Å². The van der Waals surface area contributed by atoms with E-state index in [1.54, 1.807) is 12.0 Å². The summed E-state index contributed by atoms with van der Waals surface area (Å²) in [6, 6.07) is 7.12. The van der Waals surface area contributed by atoms with Gasteiger partial charge in [0, 0.05) is 6.54 Å². The number of benzene rings is 1. The maximum absolute atomic E-state index is 12.5. The van der Waals surface area contributed by atoms with Crippen molar-refractivity contribution in [1.29, 1.82) is 0 Å². The molecule has 6 nitrogen and oxygen atoms in total. The van der Waals surface area contributed by atoms with Gasteiger partial charge < -0.3 is 20.6 Å². The molecular weight excluding hydrogens is 270 g/mol. The van der Waals surface area contributed by atoms with Crippen LogP contribution >= 0.6 is 0 Å². The van der Waals surface area contributed by atoms with Gasteiger partial charge in [0.05, 0.1) is 19.6 Å². The van der Waals surface area contributed by atoms with Crippen LogP contribution in [-0.2, 0) is 11.2 Å². The van der Waals surface area contributed by atoms with Crippen LogP contribution in [0.5, 0.6) is 5.75 Å². The lowest BCUT2D eigenvalue weighted by Gasteiger charge is -2.34. The number of likely N-dealkylation sites (tertiary alicyclic amines) is 1. The van der Waals surface area contributed by atoms with E-state index in [4.69, 9.17) is 15.7 Å². The van der Waals surface area contributed by atoms with Gasteiger partial charge in [-0.05, 0) is 37.0 Å². The third-order valence-corrected chi connectivity index (χ3v) is 3.79. The summed E-state index contributed by atoms with van der Waals surface area (Å²) in [6.45, 7) is 0.649. The SMILES string of the molecule is COc1ccc(CC(=O)N2CCCCC2C(N)=NO)cc1. The largest absolute Gasteiger partial charge is 0.497 e. The summed E-state index contributed by atoms with van der Waals surface area (Å²) in [6.07, 6.45) is 2.97. The third kappa shape index (κ3) is 3.65. The van der Waals surface area contributed by atoms with Gasteiger partial charge in [-0.3, -0.25) is 4.79 Å². The monoisotopic (exact) mass is 291 g/mol. The minimum absolute atomic E-state index is 0.00327. The first-order valence-corrected chi connectivity index (χ1v) is 7.05. The van der Waals surface area contributed by atoms with Gasteiger partial charge in [-0.25, -0.2) is 0 Å². The number of nitrogens with zero attached hydrogens (tertiary/aromatic N) is 2. The second-order valence-electron chi connectivity index (χ2n) is 5.15. The van der Waals surface area contributed by atoms with E-state index < -0.39 is 0 Å². The van der Waals surface area contributed by atoms with E-state index in [0.717, 1.165) is 30.6 Å². The molecule has 1 atom stereocenters. The molecule has 0 saturated carbocycles. The lowest BCUT2D eigenvalue weighted by atomic mass is 10.00. The molecule has 0 spiro atoms. The van der Waals surface area contributed by atoms with Crippen molar-refractivity contribution in [2.45, 2.75) is 31.7 Å². The van der Waals surface area contributed by atoms with E-state index in [0.29, 0.717) is 13.0 Å². The van der Waals surface area contributed by atoms with Crippen LogP contribution in [0, 0.1) is 0 Å². The number of hydrogen-bond acceptors (Lipinski definition) is 4. The number of oxime groups is 1. The van der Waals surface area contributed by atoms with Crippen LogP contribution in [-0.4, -0.2) is 41.5 Å². The second-order valence-corrected chi connectivity index (χ2v) is 5.15. The fourth-order valence-electron chi connectivity index (χ4n) is 2.62. The first-order chi connectivity index (χ1) is 10.2. The number of rotatable bonds is 4. The molecule has 1 aliphatic heterocycles. The van der Waals surface area contributed by atoms with Crippen molar-refractivity contribution < 1.29 is 14.7 Å². The van der Waals surface area contributed by atoms with Gasteiger partial charge in [0.25, 0.3) is 0 Å². The maximum atomic E-state index is 12.5. The minimum Gasteiger partial charge on any atom is -0.497 e. The van der Waals surface area contributed by atoms with Crippen molar-refractivity contribution in [2.75, 3.05) is 13.7 Å². The summed E-state index contributed by atoms with van der Waals surface area (Å²) in [5, 5.41) is 11.9. The zero-order valence-electron chi connectivity index (χ0n) is 12.2. The second kappa shape index (κ2) is 6.97. The molecule has 0 aliphatic carbocycles. The Morgan fingerprint density at radius 2 is 2.14 bits per heavy atom. The first kappa shape index (κ1) is 15.2. The molecule has 1 fully saturated rings. The summed E-state index contributed by atoms with van der Waals surface area (Å²) >= 11 is 0. The number of ether oxygens (including phenoxy) is 1. The molecular formula is C15H21N3O3. The maximum Gasteiger partial charge on any atom is 0.227 e. The van der Waals surface area contributed by atoms with Gasteiger partial charge in [-0.1, -0.05) is 17.3 Å². The molecule has 6 heteroatoms. The number of methoxy groups -OCH3 is 1. The molecule has 1 aromatic carbocycles. The molecule has 0 bridgehead atoms. The van der Waals surface area contributed by atoms with Gasteiger partial charge in [-0.2, -0.15) is 0 Å². The van der Waals surface area contributed by atoms with Crippen molar-refractivity contribution in [3.8, 4) is 5.75 Å². The molecule has 0 aromatic heterocycles. The Morgan fingerprint density at radius 1 is 1.43 bits per heavy atom. The van der Waals surface area contributed by atoms with Crippen LogP contribution in [0.15, 0.2) is 29.4 Å². The highest BCUT2D eigenvalue weighted by molar-refractivity contribution is 5.90. The van der Waals surface area contributed by atoms with Gasteiger partial charge in [0.15, 0.2) is 5.84 Å². The average Bonchev–Trinajstić information content (AvgIpc) is 2.54. The standard InChI is InChI=1S/C15H21N3O3/c1-21-12-7-5-11(6-8-12)10-14(19)18-9-3-2-4-13(18)15(16)17-20/h5-8,13,20H,2-4,9-10H2,1H3,(H2,16,17). The fourth-order valence-corrected chi connectivity index (χ4v) is 2.62. The van der Waals surface area contributed by atoms with E-state index >= 15 is 0 Å². The molecule has 2 rings (SSSR count). The summed E-state index contributed by atoms with van der Waals surface area (Å²) in [4.78, 5) is 14.2. The molecule has 1 amide bonds. The molecule has 114 valence electrons. The molecule has 21 heavy (non-hydrogen) atoms. The van der Waals surface area contributed by atoms with Crippen LogP contribution < -0.4 is 10.5 Å². The van der Waals surface area contributed by atoms with Gasteiger partial charge >= 0.3 is 0 Å². The highest BCUT2D eigenvalue weighted by atomic mass is 16.5. The smallest absolute Gasteiger partial charge is 0.227 e. The number of carbonyl (C=O) groups is 1. The summed E-state index contributed by atoms with van der Waals surface area (Å²) in [7, 11) is 1.61. The Morgan fingerprint density at radius 3 is 2.76 bits per heavy atom. The van der Waals surface area contributed by atoms with Crippen molar-refractivity contribution in [2.24, 2.45) is 10.9 Å². The number of nitrogens with two attached hydrogens (primary N) is 1. The van der Waals surface area contributed by atoms with E-state index in [2.05, 4.69) is 5.16 Å². The fraction of sp³-hybridized carbons (Fsp3) is 0.467. The average molecular weight is 291 g/mol. The first-order valence-electron chi connectivity index (χ1n) is 7.05. The van der Waals surface area contributed by atoms with Crippen molar-refractivity contribution in [3.63, 3.8) is 0 Å². The minimum atomic E-state index is -0.297. The molecule has 1 unspecified atom stereocenters. The Labute approximate surface area is 124 Å². The predicted octanol–water partition coefficient (Wildman–Crippen LogP) is 1.37. The van der Waals surface area contributed by atoms with Crippen molar-refractivity contribution >= 4 is 11.7 Å². The van der Waals surface area contributed by atoms with Crippen LogP contribution in [0.1, 0.15) is 24.8 Å². The molecule has 1 heterocycles. The Kier molecular flexibility index (Phi) is 5.03. The van der Waals surface area contributed by atoms with E-state index in [9.17, 15) is 4.79 Å². The summed E-state index contributed by atoms with van der Waals surface area (Å²) < 4.78 is 5.10. The Hall–Kier alpha value is -2.24. The normalized spacial score (nSPS) is 19.4.